The van der Waals surface area contributed by atoms with Gasteiger partial charge in [0.1, 0.15) is 5.75 Å². The van der Waals surface area contributed by atoms with E-state index in [-0.39, 0.29) is 6.10 Å². The number of hydrogen-bond donors (Lipinski definition) is 2. The maximum atomic E-state index is 5.60. The molecule has 112 valence electrons. The van der Waals surface area contributed by atoms with Crippen molar-refractivity contribution in [3.05, 3.63) is 48.3 Å². The number of benzene rings is 1. The fourth-order valence-electron chi connectivity index (χ4n) is 1.92. The first kappa shape index (κ1) is 15.4. The van der Waals surface area contributed by atoms with Crippen molar-refractivity contribution in [1.29, 1.82) is 0 Å². The van der Waals surface area contributed by atoms with E-state index in [1.165, 1.54) is 5.69 Å². The van der Waals surface area contributed by atoms with Crippen LogP contribution in [0.15, 0.2) is 42.6 Å². The molecular weight excluding hydrogens is 282 g/mol. The Kier molecular flexibility index (Phi) is 5.22. The summed E-state index contributed by atoms with van der Waals surface area (Å²) in [6.45, 7) is 4.72. The molecule has 5 heteroatoms. The molecule has 0 aliphatic rings. The van der Waals surface area contributed by atoms with E-state index in [9.17, 15) is 0 Å². The van der Waals surface area contributed by atoms with Gasteiger partial charge in [0.05, 0.1) is 12.6 Å². The van der Waals surface area contributed by atoms with Gasteiger partial charge in [0.15, 0.2) is 5.11 Å². The van der Waals surface area contributed by atoms with E-state index < -0.39 is 0 Å². The molecule has 0 spiro atoms. The summed E-state index contributed by atoms with van der Waals surface area (Å²) in [6, 6.07) is 11.8. The van der Waals surface area contributed by atoms with Crippen LogP contribution in [-0.2, 0) is 13.6 Å². The van der Waals surface area contributed by atoms with E-state index in [0.29, 0.717) is 11.7 Å². The quantitative estimate of drug-likeness (QED) is 0.831. The minimum Gasteiger partial charge on any atom is -0.491 e. The van der Waals surface area contributed by atoms with Crippen molar-refractivity contribution in [2.45, 2.75) is 26.5 Å². The summed E-state index contributed by atoms with van der Waals surface area (Å²) in [5.41, 5.74) is 2.12. The fourth-order valence-corrected chi connectivity index (χ4v) is 2.11. The Labute approximate surface area is 131 Å². The Balaban J connectivity index is 1.83. The van der Waals surface area contributed by atoms with Crippen LogP contribution in [-0.4, -0.2) is 15.8 Å². The SMILES string of the molecule is CC(C)Oc1ccc(NC(=S)NCc2cccn2C)cc1. The highest BCUT2D eigenvalue weighted by Gasteiger charge is 2.01. The molecule has 21 heavy (non-hydrogen) atoms. The molecule has 0 atom stereocenters. The first-order valence-electron chi connectivity index (χ1n) is 6.96. The van der Waals surface area contributed by atoms with Crippen LogP contribution in [0.2, 0.25) is 0 Å². The van der Waals surface area contributed by atoms with E-state index >= 15 is 0 Å². The van der Waals surface area contributed by atoms with Gasteiger partial charge < -0.3 is 19.9 Å². The Bertz CT molecular complexity index is 590. The monoisotopic (exact) mass is 303 g/mol. The molecule has 0 amide bonds. The molecule has 0 saturated heterocycles. The molecule has 0 saturated carbocycles. The Hall–Kier alpha value is -2.01. The lowest BCUT2D eigenvalue weighted by molar-refractivity contribution is 0.242. The lowest BCUT2D eigenvalue weighted by atomic mass is 10.3. The van der Waals surface area contributed by atoms with E-state index in [1.807, 2.05) is 57.4 Å². The fraction of sp³-hybridized carbons (Fsp3) is 0.312. The second kappa shape index (κ2) is 7.13. The normalized spacial score (nSPS) is 10.5. The molecule has 1 aromatic heterocycles. The number of rotatable bonds is 5. The smallest absolute Gasteiger partial charge is 0.171 e. The minimum atomic E-state index is 0.178. The van der Waals surface area contributed by atoms with Gasteiger partial charge in [0.25, 0.3) is 0 Å². The molecule has 2 N–H and O–H groups in total. The van der Waals surface area contributed by atoms with Crippen LogP contribution in [0.25, 0.3) is 0 Å². The summed E-state index contributed by atoms with van der Waals surface area (Å²) in [5, 5.41) is 6.95. The molecule has 0 radical (unpaired) electrons. The third-order valence-electron chi connectivity index (χ3n) is 2.97. The molecule has 0 aliphatic carbocycles. The van der Waals surface area contributed by atoms with Gasteiger partial charge in [-0.1, -0.05) is 0 Å². The zero-order valence-corrected chi connectivity index (χ0v) is 13.4. The van der Waals surface area contributed by atoms with Crippen LogP contribution in [0.4, 0.5) is 5.69 Å². The van der Waals surface area contributed by atoms with E-state index in [4.69, 9.17) is 17.0 Å². The number of nitrogens with zero attached hydrogens (tertiary/aromatic N) is 1. The summed E-state index contributed by atoms with van der Waals surface area (Å²) in [4.78, 5) is 0. The Morgan fingerprint density at radius 1 is 1.24 bits per heavy atom. The average Bonchev–Trinajstić information content (AvgIpc) is 2.84. The van der Waals surface area contributed by atoms with Crippen molar-refractivity contribution in [2.24, 2.45) is 7.05 Å². The number of hydrogen-bond acceptors (Lipinski definition) is 2. The first-order valence-corrected chi connectivity index (χ1v) is 7.37. The van der Waals surface area contributed by atoms with Crippen LogP contribution >= 0.6 is 12.2 Å². The second-order valence-corrected chi connectivity index (χ2v) is 5.52. The molecule has 1 aromatic carbocycles. The van der Waals surface area contributed by atoms with Crippen molar-refractivity contribution < 1.29 is 4.74 Å². The predicted molar refractivity (Wildman–Crippen MR) is 90.7 cm³/mol. The topological polar surface area (TPSA) is 38.2 Å². The number of aromatic nitrogens is 1. The summed E-state index contributed by atoms with van der Waals surface area (Å²) in [5.74, 6) is 0.859. The molecule has 0 bridgehead atoms. The molecule has 2 aromatic rings. The third kappa shape index (κ3) is 4.79. The van der Waals surface area contributed by atoms with Gasteiger partial charge in [-0.15, -0.1) is 0 Å². The van der Waals surface area contributed by atoms with Gasteiger partial charge in [-0.25, -0.2) is 0 Å². The zero-order chi connectivity index (χ0) is 15.2. The number of aryl methyl sites for hydroxylation is 1. The van der Waals surface area contributed by atoms with Gasteiger partial charge in [-0.3, -0.25) is 0 Å². The molecular formula is C16H21N3OS. The highest BCUT2D eigenvalue weighted by Crippen LogP contribution is 2.16. The lowest BCUT2D eigenvalue weighted by Gasteiger charge is -2.13. The summed E-state index contributed by atoms with van der Waals surface area (Å²) in [7, 11) is 2.01. The number of thiocarbonyl (C=S) groups is 1. The van der Waals surface area contributed by atoms with E-state index in [2.05, 4.69) is 21.3 Å². The Morgan fingerprint density at radius 3 is 2.52 bits per heavy atom. The van der Waals surface area contributed by atoms with Crippen molar-refractivity contribution in [2.75, 3.05) is 5.32 Å². The Morgan fingerprint density at radius 2 is 1.95 bits per heavy atom. The predicted octanol–water partition coefficient (Wildman–Crippen LogP) is 3.30. The molecule has 2 rings (SSSR count). The highest BCUT2D eigenvalue weighted by molar-refractivity contribution is 7.80. The van der Waals surface area contributed by atoms with Gasteiger partial charge in [-0.2, -0.15) is 0 Å². The molecule has 0 aliphatic heterocycles. The average molecular weight is 303 g/mol. The van der Waals surface area contributed by atoms with Gasteiger partial charge in [0.2, 0.25) is 0 Å². The molecule has 4 nitrogen and oxygen atoms in total. The van der Waals surface area contributed by atoms with Gasteiger partial charge in [-0.05, 0) is 62.5 Å². The summed E-state index contributed by atoms with van der Waals surface area (Å²) >= 11 is 5.29. The van der Waals surface area contributed by atoms with E-state index in [0.717, 1.165) is 11.4 Å². The van der Waals surface area contributed by atoms with Crippen molar-refractivity contribution in [1.82, 2.24) is 9.88 Å². The lowest BCUT2D eigenvalue weighted by Crippen LogP contribution is -2.28. The maximum absolute atomic E-state index is 5.60. The minimum absolute atomic E-state index is 0.178. The summed E-state index contributed by atoms with van der Waals surface area (Å²) in [6.07, 6.45) is 2.19. The zero-order valence-electron chi connectivity index (χ0n) is 12.6. The molecule has 0 fully saturated rings. The maximum Gasteiger partial charge on any atom is 0.171 e. The van der Waals surface area contributed by atoms with E-state index in [1.54, 1.807) is 0 Å². The molecule has 0 unspecified atom stereocenters. The van der Waals surface area contributed by atoms with Crippen LogP contribution < -0.4 is 15.4 Å². The van der Waals surface area contributed by atoms with Crippen molar-refractivity contribution >= 4 is 23.0 Å². The van der Waals surface area contributed by atoms with Crippen LogP contribution in [0, 0.1) is 0 Å². The first-order chi connectivity index (χ1) is 10.0. The number of anilines is 1. The standard InChI is InChI=1S/C16H21N3OS/c1-12(2)20-15-8-6-13(7-9-15)18-16(21)17-11-14-5-4-10-19(14)3/h4-10,12H,11H2,1-3H3,(H2,17,18,21). The van der Waals surface area contributed by atoms with Crippen molar-refractivity contribution in [3.8, 4) is 5.75 Å². The number of nitrogens with one attached hydrogen (secondary N) is 2. The van der Waals surface area contributed by atoms with Gasteiger partial charge >= 0.3 is 0 Å². The van der Waals surface area contributed by atoms with Crippen molar-refractivity contribution in [3.63, 3.8) is 0 Å². The highest BCUT2D eigenvalue weighted by atomic mass is 32.1. The largest absolute Gasteiger partial charge is 0.491 e. The van der Waals surface area contributed by atoms with Crippen LogP contribution in [0.5, 0.6) is 5.75 Å². The number of ether oxygens (including phenoxy) is 1. The van der Waals surface area contributed by atoms with Gasteiger partial charge in [0, 0.05) is 24.6 Å². The van der Waals surface area contributed by atoms with Crippen LogP contribution in [0.1, 0.15) is 19.5 Å². The summed E-state index contributed by atoms with van der Waals surface area (Å²) < 4.78 is 7.67. The second-order valence-electron chi connectivity index (χ2n) is 5.11. The molecule has 1 heterocycles. The third-order valence-corrected chi connectivity index (χ3v) is 3.21. The van der Waals surface area contributed by atoms with Crippen LogP contribution in [0.3, 0.4) is 0 Å².